The van der Waals surface area contributed by atoms with Crippen LogP contribution in [0.5, 0.6) is 0 Å². The van der Waals surface area contributed by atoms with Gasteiger partial charge in [0.25, 0.3) is 0 Å². The third kappa shape index (κ3) is 2.32. The highest BCUT2D eigenvalue weighted by molar-refractivity contribution is 9.10. The standard InChI is InChI=1S/C9H9BrN2O2/c1-12(9(14)8(11)13)7-4-2-3-6(10)5-7/h2-5H,1H3,(H2,11,13). The van der Waals surface area contributed by atoms with Crippen LogP contribution in [0, 0.1) is 0 Å². The van der Waals surface area contributed by atoms with Crippen LogP contribution in [0.2, 0.25) is 0 Å². The Kier molecular flexibility index (Phi) is 3.24. The van der Waals surface area contributed by atoms with Gasteiger partial charge in [-0.25, -0.2) is 0 Å². The van der Waals surface area contributed by atoms with Crippen LogP contribution in [0.4, 0.5) is 5.69 Å². The molecule has 0 atom stereocenters. The highest BCUT2D eigenvalue weighted by atomic mass is 79.9. The highest BCUT2D eigenvalue weighted by Crippen LogP contribution is 2.18. The Hall–Kier alpha value is -1.36. The molecule has 0 aromatic heterocycles. The van der Waals surface area contributed by atoms with Gasteiger partial charge >= 0.3 is 11.8 Å². The van der Waals surface area contributed by atoms with Gasteiger partial charge in [-0.1, -0.05) is 22.0 Å². The Morgan fingerprint density at radius 3 is 2.57 bits per heavy atom. The smallest absolute Gasteiger partial charge is 0.315 e. The molecule has 0 spiro atoms. The number of carbonyl (C=O) groups is 2. The number of carbonyl (C=O) groups excluding carboxylic acids is 2. The molecule has 1 rings (SSSR count). The lowest BCUT2D eigenvalue weighted by molar-refractivity contribution is -0.135. The molecule has 0 unspecified atom stereocenters. The number of halogens is 1. The first-order valence-electron chi connectivity index (χ1n) is 3.85. The lowest BCUT2D eigenvalue weighted by Crippen LogP contribution is -2.37. The molecule has 0 saturated heterocycles. The minimum absolute atomic E-state index is 0.614. The second-order valence-electron chi connectivity index (χ2n) is 2.71. The molecular weight excluding hydrogens is 248 g/mol. The number of likely N-dealkylation sites (N-methyl/N-ethyl adjacent to an activating group) is 1. The first kappa shape index (κ1) is 10.7. The summed E-state index contributed by atoms with van der Waals surface area (Å²) in [6.07, 6.45) is 0. The summed E-state index contributed by atoms with van der Waals surface area (Å²) >= 11 is 3.26. The Morgan fingerprint density at radius 2 is 2.07 bits per heavy atom. The summed E-state index contributed by atoms with van der Waals surface area (Å²) in [5.74, 6) is -1.70. The number of nitrogens with zero attached hydrogens (tertiary/aromatic N) is 1. The fourth-order valence-electron chi connectivity index (χ4n) is 0.967. The van der Waals surface area contributed by atoms with Gasteiger partial charge in [-0.15, -0.1) is 0 Å². The highest BCUT2D eigenvalue weighted by Gasteiger charge is 2.16. The molecule has 0 saturated carbocycles. The minimum atomic E-state index is -0.965. The third-order valence-electron chi connectivity index (χ3n) is 1.71. The van der Waals surface area contributed by atoms with E-state index in [9.17, 15) is 9.59 Å². The van der Waals surface area contributed by atoms with Gasteiger partial charge in [0.2, 0.25) is 0 Å². The SMILES string of the molecule is CN(C(=O)C(N)=O)c1cccc(Br)c1. The summed E-state index contributed by atoms with van der Waals surface area (Å²) in [6.45, 7) is 0. The molecule has 0 aliphatic heterocycles. The zero-order valence-corrected chi connectivity index (χ0v) is 9.11. The van der Waals surface area contributed by atoms with E-state index in [4.69, 9.17) is 5.73 Å². The lowest BCUT2D eigenvalue weighted by Gasteiger charge is -2.15. The topological polar surface area (TPSA) is 63.4 Å². The fourth-order valence-corrected chi connectivity index (χ4v) is 1.35. The largest absolute Gasteiger partial charge is 0.361 e. The first-order valence-corrected chi connectivity index (χ1v) is 4.64. The minimum Gasteiger partial charge on any atom is -0.361 e. The van der Waals surface area contributed by atoms with E-state index in [1.807, 2.05) is 6.07 Å². The van der Waals surface area contributed by atoms with Gasteiger partial charge in [-0.2, -0.15) is 0 Å². The number of amides is 2. The van der Waals surface area contributed by atoms with Gasteiger partial charge in [0.05, 0.1) is 0 Å². The summed E-state index contributed by atoms with van der Waals surface area (Å²) in [5, 5.41) is 0. The van der Waals surface area contributed by atoms with Crippen LogP contribution in [-0.4, -0.2) is 18.9 Å². The monoisotopic (exact) mass is 256 g/mol. The van der Waals surface area contributed by atoms with Crippen molar-refractivity contribution < 1.29 is 9.59 Å². The average Bonchev–Trinajstić information content (AvgIpc) is 2.15. The van der Waals surface area contributed by atoms with E-state index >= 15 is 0 Å². The van der Waals surface area contributed by atoms with Crippen molar-refractivity contribution in [2.75, 3.05) is 11.9 Å². The summed E-state index contributed by atoms with van der Waals surface area (Å²) < 4.78 is 0.833. The maximum atomic E-state index is 11.2. The summed E-state index contributed by atoms with van der Waals surface area (Å²) in [7, 11) is 1.49. The number of anilines is 1. The number of hydrogen-bond acceptors (Lipinski definition) is 2. The Bertz CT molecular complexity index is 379. The normalized spacial score (nSPS) is 9.57. The van der Waals surface area contributed by atoms with Crippen LogP contribution in [0.15, 0.2) is 28.7 Å². The number of primary amides is 1. The van der Waals surface area contributed by atoms with Crippen molar-refractivity contribution in [2.45, 2.75) is 0 Å². The Morgan fingerprint density at radius 1 is 1.43 bits per heavy atom. The van der Waals surface area contributed by atoms with Crippen LogP contribution in [-0.2, 0) is 9.59 Å². The number of benzene rings is 1. The van der Waals surface area contributed by atoms with Crippen LogP contribution < -0.4 is 10.6 Å². The third-order valence-corrected chi connectivity index (χ3v) is 2.20. The molecule has 1 aromatic rings. The molecule has 2 N–H and O–H groups in total. The molecule has 5 heteroatoms. The summed E-state index contributed by atoms with van der Waals surface area (Å²) in [5.41, 5.74) is 5.48. The van der Waals surface area contributed by atoms with E-state index in [2.05, 4.69) is 15.9 Å². The van der Waals surface area contributed by atoms with E-state index in [0.717, 1.165) is 4.47 Å². The van der Waals surface area contributed by atoms with E-state index in [0.29, 0.717) is 5.69 Å². The summed E-state index contributed by atoms with van der Waals surface area (Å²) in [4.78, 5) is 23.0. The zero-order valence-electron chi connectivity index (χ0n) is 7.53. The van der Waals surface area contributed by atoms with Crippen LogP contribution in [0.25, 0.3) is 0 Å². The van der Waals surface area contributed by atoms with Crippen molar-refractivity contribution in [3.05, 3.63) is 28.7 Å². The van der Waals surface area contributed by atoms with E-state index in [1.54, 1.807) is 18.2 Å². The van der Waals surface area contributed by atoms with Crippen molar-refractivity contribution in [3.8, 4) is 0 Å². The lowest BCUT2D eigenvalue weighted by atomic mass is 10.3. The molecule has 0 bridgehead atoms. The molecule has 1 aromatic carbocycles. The second-order valence-corrected chi connectivity index (χ2v) is 3.62. The molecule has 0 fully saturated rings. The van der Waals surface area contributed by atoms with Crippen molar-refractivity contribution in [3.63, 3.8) is 0 Å². The Balaban J connectivity index is 2.95. The predicted octanol–water partition coefficient (Wildman–Crippen LogP) is 0.897. The molecule has 0 radical (unpaired) electrons. The van der Waals surface area contributed by atoms with Crippen molar-refractivity contribution in [1.82, 2.24) is 0 Å². The van der Waals surface area contributed by atoms with Crippen LogP contribution in [0.3, 0.4) is 0 Å². The fraction of sp³-hybridized carbons (Fsp3) is 0.111. The number of nitrogens with two attached hydrogens (primary N) is 1. The van der Waals surface area contributed by atoms with Gasteiger partial charge in [0.15, 0.2) is 0 Å². The van der Waals surface area contributed by atoms with Gasteiger partial charge in [-0.3, -0.25) is 9.59 Å². The predicted molar refractivity (Wildman–Crippen MR) is 56.7 cm³/mol. The molecule has 0 aliphatic carbocycles. The van der Waals surface area contributed by atoms with Crippen LogP contribution in [0.1, 0.15) is 0 Å². The second kappa shape index (κ2) is 4.23. The van der Waals surface area contributed by atoms with E-state index in [1.165, 1.54) is 11.9 Å². The average molecular weight is 257 g/mol. The molecular formula is C9H9BrN2O2. The maximum Gasteiger partial charge on any atom is 0.315 e. The molecule has 74 valence electrons. The van der Waals surface area contributed by atoms with Gasteiger partial charge in [0.1, 0.15) is 0 Å². The molecule has 14 heavy (non-hydrogen) atoms. The summed E-state index contributed by atoms with van der Waals surface area (Å²) in [6, 6.07) is 7.03. The van der Waals surface area contributed by atoms with Crippen LogP contribution >= 0.6 is 15.9 Å². The molecule has 0 heterocycles. The van der Waals surface area contributed by atoms with E-state index < -0.39 is 11.8 Å². The Labute approximate surface area is 89.8 Å². The van der Waals surface area contributed by atoms with Crippen molar-refractivity contribution in [2.24, 2.45) is 5.73 Å². The number of rotatable bonds is 1. The van der Waals surface area contributed by atoms with Crippen molar-refractivity contribution in [1.29, 1.82) is 0 Å². The van der Waals surface area contributed by atoms with E-state index in [-0.39, 0.29) is 0 Å². The van der Waals surface area contributed by atoms with Gasteiger partial charge in [-0.05, 0) is 18.2 Å². The van der Waals surface area contributed by atoms with Crippen molar-refractivity contribution >= 4 is 33.4 Å². The molecule has 2 amide bonds. The quantitative estimate of drug-likeness (QED) is 0.759. The first-order chi connectivity index (χ1) is 6.52. The number of hydrogen-bond donors (Lipinski definition) is 1. The zero-order chi connectivity index (χ0) is 10.7. The molecule has 0 aliphatic rings. The maximum absolute atomic E-state index is 11.2. The molecule has 4 nitrogen and oxygen atoms in total. The van der Waals surface area contributed by atoms with Gasteiger partial charge < -0.3 is 10.6 Å². The van der Waals surface area contributed by atoms with Gasteiger partial charge in [0, 0.05) is 17.2 Å².